The predicted molar refractivity (Wildman–Crippen MR) is 100 cm³/mol. The van der Waals surface area contributed by atoms with Gasteiger partial charge < -0.3 is 9.72 Å². The molecular formula is C20H14ClN3O. The smallest absolute Gasteiger partial charge is 0.255 e. The van der Waals surface area contributed by atoms with Crippen LogP contribution in [0.2, 0.25) is 5.02 Å². The van der Waals surface area contributed by atoms with E-state index in [-0.39, 0.29) is 5.91 Å². The first-order chi connectivity index (χ1) is 12.2. The summed E-state index contributed by atoms with van der Waals surface area (Å²) >= 11 is 5.97. The van der Waals surface area contributed by atoms with Gasteiger partial charge in [-0.3, -0.25) is 4.79 Å². The summed E-state index contributed by atoms with van der Waals surface area (Å²) in [4.78, 5) is 17.2. The van der Waals surface area contributed by atoms with Gasteiger partial charge in [0.05, 0.1) is 11.4 Å². The van der Waals surface area contributed by atoms with Crippen LogP contribution in [0.15, 0.2) is 79.1 Å². The minimum absolute atomic E-state index is 0.210. The molecule has 0 unspecified atom stereocenters. The minimum atomic E-state index is -0.210. The molecule has 0 radical (unpaired) electrons. The summed E-state index contributed by atoms with van der Waals surface area (Å²) in [5, 5.41) is 3.48. The van der Waals surface area contributed by atoms with E-state index in [4.69, 9.17) is 11.6 Å². The number of hydrogen-bond acceptors (Lipinski definition) is 2. The number of nitrogens with one attached hydrogen (secondary N) is 1. The van der Waals surface area contributed by atoms with E-state index in [2.05, 4.69) is 10.3 Å². The molecule has 1 amide bonds. The van der Waals surface area contributed by atoms with Crippen LogP contribution in [0.1, 0.15) is 10.4 Å². The van der Waals surface area contributed by atoms with Gasteiger partial charge in [-0.15, -0.1) is 0 Å². The SMILES string of the molecule is O=C(Nc1ccccc1-c1cn2ccccc2n1)c1cccc(Cl)c1. The Hall–Kier alpha value is -3.11. The Labute approximate surface area is 149 Å². The Morgan fingerprint density at radius 1 is 1.00 bits per heavy atom. The number of hydrogen-bond donors (Lipinski definition) is 1. The standard InChI is InChI=1S/C20H14ClN3O/c21-15-7-5-6-14(12-15)20(25)23-17-9-2-1-8-16(17)18-13-24-11-4-3-10-19(24)22-18/h1-13H,(H,23,25). The number of amides is 1. The molecule has 4 aromatic rings. The van der Waals surface area contributed by atoms with E-state index in [1.165, 1.54) is 0 Å². The average molecular weight is 348 g/mol. The first-order valence-corrected chi connectivity index (χ1v) is 8.18. The Morgan fingerprint density at radius 3 is 2.68 bits per heavy atom. The number of carbonyl (C=O) groups is 1. The van der Waals surface area contributed by atoms with E-state index in [0.29, 0.717) is 16.3 Å². The van der Waals surface area contributed by atoms with Crippen LogP contribution in [0.4, 0.5) is 5.69 Å². The number of aromatic nitrogens is 2. The van der Waals surface area contributed by atoms with E-state index in [0.717, 1.165) is 16.9 Å². The normalized spacial score (nSPS) is 10.8. The van der Waals surface area contributed by atoms with Gasteiger partial charge in [-0.25, -0.2) is 4.98 Å². The quantitative estimate of drug-likeness (QED) is 0.572. The summed E-state index contributed by atoms with van der Waals surface area (Å²) in [6.07, 6.45) is 3.89. The summed E-state index contributed by atoms with van der Waals surface area (Å²) in [7, 11) is 0. The fourth-order valence-electron chi connectivity index (χ4n) is 2.70. The van der Waals surface area contributed by atoms with E-state index in [1.54, 1.807) is 24.3 Å². The second-order valence-electron chi connectivity index (χ2n) is 5.60. The van der Waals surface area contributed by atoms with E-state index in [1.807, 2.05) is 59.3 Å². The molecule has 2 aromatic carbocycles. The molecule has 0 saturated carbocycles. The van der Waals surface area contributed by atoms with E-state index in [9.17, 15) is 4.79 Å². The number of benzene rings is 2. The van der Waals surface area contributed by atoms with Crippen molar-refractivity contribution >= 4 is 28.8 Å². The van der Waals surface area contributed by atoms with Crippen molar-refractivity contribution in [2.24, 2.45) is 0 Å². The highest BCUT2D eigenvalue weighted by Gasteiger charge is 2.12. The molecule has 4 nitrogen and oxygen atoms in total. The Balaban J connectivity index is 1.70. The van der Waals surface area contributed by atoms with Crippen LogP contribution in [0.5, 0.6) is 0 Å². The number of rotatable bonds is 3. The molecule has 0 atom stereocenters. The number of fused-ring (bicyclic) bond motifs is 1. The second-order valence-corrected chi connectivity index (χ2v) is 6.04. The van der Waals surface area contributed by atoms with Crippen molar-refractivity contribution in [2.45, 2.75) is 0 Å². The molecule has 1 N–H and O–H groups in total. The lowest BCUT2D eigenvalue weighted by Crippen LogP contribution is -2.12. The zero-order valence-corrected chi connectivity index (χ0v) is 13.9. The molecule has 122 valence electrons. The maximum absolute atomic E-state index is 12.5. The van der Waals surface area contributed by atoms with E-state index < -0.39 is 0 Å². The van der Waals surface area contributed by atoms with Crippen LogP contribution < -0.4 is 5.32 Å². The highest BCUT2D eigenvalue weighted by atomic mass is 35.5. The Bertz CT molecular complexity index is 1040. The Kier molecular flexibility index (Phi) is 3.96. The van der Waals surface area contributed by atoms with Crippen LogP contribution in [0, 0.1) is 0 Å². The van der Waals surface area contributed by atoms with Gasteiger partial charge in [-0.05, 0) is 36.4 Å². The summed E-state index contributed by atoms with van der Waals surface area (Å²) in [5.74, 6) is -0.210. The van der Waals surface area contributed by atoms with Crippen LogP contribution >= 0.6 is 11.6 Å². The van der Waals surface area contributed by atoms with Gasteiger partial charge in [-0.2, -0.15) is 0 Å². The summed E-state index contributed by atoms with van der Waals surface area (Å²) in [5.41, 5.74) is 3.73. The summed E-state index contributed by atoms with van der Waals surface area (Å²) in [6, 6.07) is 20.3. The third kappa shape index (κ3) is 3.12. The number of imidazole rings is 1. The van der Waals surface area contributed by atoms with Gasteiger partial charge in [0.15, 0.2) is 0 Å². The number of halogens is 1. The average Bonchev–Trinajstić information content (AvgIpc) is 3.06. The second kappa shape index (κ2) is 6.42. The van der Waals surface area contributed by atoms with Gasteiger partial charge in [0.1, 0.15) is 5.65 Å². The van der Waals surface area contributed by atoms with Crippen molar-refractivity contribution in [1.82, 2.24) is 9.38 Å². The fraction of sp³-hybridized carbons (Fsp3) is 0. The molecule has 2 heterocycles. The largest absolute Gasteiger partial charge is 0.321 e. The maximum atomic E-state index is 12.5. The topological polar surface area (TPSA) is 46.4 Å². The number of para-hydroxylation sites is 1. The van der Waals surface area contributed by atoms with Crippen molar-refractivity contribution in [3.63, 3.8) is 0 Å². The lowest BCUT2D eigenvalue weighted by atomic mass is 10.1. The maximum Gasteiger partial charge on any atom is 0.255 e. The lowest BCUT2D eigenvalue weighted by Gasteiger charge is -2.09. The number of pyridine rings is 1. The first-order valence-electron chi connectivity index (χ1n) is 7.81. The van der Waals surface area contributed by atoms with Gasteiger partial charge in [0, 0.05) is 28.5 Å². The van der Waals surface area contributed by atoms with Gasteiger partial charge in [0.25, 0.3) is 5.91 Å². The molecule has 0 aliphatic carbocycles. The molecule has 0 spiro atoms. The predicted octanol–water partition coefficient (Wildman–Crippen LogP) is 4.91. The Morgan fingerprint density at radius 2 is 1.84 bits per heavy atom. The van der Waals surface area contributed by atoms with Gasteiger partial charge >= 0.3 is 0 Å². The molecule has 0 aliphatic rings. The van der Waals surface area contributed by atoms with Crippen molar-refractivity contribution in [2.75, 3.05) is 5.32 Å². The molecule has 0 aliphatic heterocycles. The van der Waals surface area contributed by atoms with Crippen molar-refractivity contribution in [3.8, 4) is 11.3 Å². The van der Waals surface area contributed by atoms with Crippen LogP contribution in [0.25, 0.3) is 16.9 Å². The van der Waals surface area contributed by atoms with Crippen LogP contribution in [0.3, 0.4) is 0 Å². The molecule has 25 heavy (non-hydrogen) atoms. The fourth-order valence-corrected chi connectivity index (χ4v) is 2.89. The molecule has 2 aromatic heterocycles. The first kappa shape index (κ1) is 15.4. The summed E-state index contributed by atoms with van der Waals surface area (Å²) < 4.78 is 1.95. The molecule has 5 heteroatoms. The van der Waals surface area contributed by atoms with E-state index >= 15 is 0 Å². The van der Waals surface area contributed by atoms with Crippen LogP contribution in [-0.4, -0.2) is 15.3 Å². The lowest BCUT2D eigenvalue weighted by molar-refractivity contribution is 0.102. The van der Waals surface area contributed by atoms with Gasteiger partial charge in [0.2, 0.25) is 0 Å². The highest BCUT2D eigenvalue weighted by Crippen LogP contribution is 2.28. The van der Waals surface area contributed by atoms with Crippen molar-refractivity contribution in [3.05, 3.63) is 89.7 Å². The minimum Gasteiger partial charge on any atom is -0.321 e. The zero-order valence-electron chi connectivity index (χ0n) is 13.2. The number of anilines is 1. The number of carbonyl (C=O) groups excluding carboxylic acids is 1. The highest BCUT2D eigenvalue weighted by molar-refractivity contribution is 6.31. The van der Waals surface area contributed by atoms with Crippen LogP contribution in [-0.2, 0) is 0 Å². The molecule has 0 bridgehead atoms. The monoisotopic (exact) mass is 347 g/mol. The third-order valence-electron chi connectivity index (χ3n) is 3.90. The molecular weight excluding hydrogens is 334 g/mol. The third-order valence-corrected chi connectivity index (χ3v) is 4.14. The molecule has 0 saturated heterocycles. The van der Waals surface area contributed by atoms with Crippen molar-refractivity contribution in [1.29, 1.82) is 0 Å². The molecule has 4 rings (SSSR count). The summed E-state index contributed by atoms with van der Waals surface area (Å²) in [6.45, 7) is 0. The van der Waals surface area contributed by atoms with Crippen molar-refractivity contribution < 1.29 is 4.79 Å². The van der Waals surface area contributed by atoms with Gasteiger partial charge in [-0.1, -0.05) is 41.9 Å². The molecule has 0 fully saturated rings. The zero-order chi connectivity index (χ0) is 17.2. The number of nitrogens with zero attached hydrogens (tertiary/aromatic N) is 2.